The van der Waals surface area contributed by atoms with Gasteiger partial charge in [0, 0.05) is 0 Å². The first-order chi connectivity index (χ1) is 6.15. The van der Waals surface area contributed by atoms with E-state index >= 15 is 0 Å². The van der Waals surface area contributed by atoms with E-state index < -0.39 is 0 Å². The molecule has 1 nitrogen and oxygen atoms in total. The fraction of sp³-hybridized carbons (Fsp3) is 1.00. The van der Waals surface area contributed by atoms with Crippen LogP contribution in [0.5, 0.6) is 0 Å². The Balaban J connectivity index is 2.50. The summed E-state index contributed by atoms with van der Waals surface area (Å²) in [4.78, 5) is 0. The van der Waals surface area contributed by atoms with E-state index in [0.29, 0.717) is 0 Å². The van der Waals surface area contributed by atoms with Crippen LogP contribution < -0.4 is 5.73 Å². The van der Waals surface area contributed by atoms with E-state index in [1.165, 1.54) is 25.7 Å². The summed E-state index contributed by atoms with van der Waals surface area (Å²) in [5.74, 6) is 3.64. The van der Waals surface area contributed by atoms with E-state index in [1.54, 1.807) is 0 Å². The Bertz CT molecular complexity index is 142. The summed E-state index contributed by atoms with van der Waals surface area (Å²) in [6.45, 7) is 8.00. The Hall–Kier alpha value is -0.0400. The lowest BCUT2D eigenvalue weighted by Gasteiger charge is -2.37. The maximum absolute atomic E-state index is 5.67. The van der Waals surface area contributed by atoms with Crippen molar-refractivity contribution in [3.63, 3.8) is 0 Å². The number of hydrogen-bond acceptors (Lipinski definition) is 1. The Labute approximate surface area is 83.1 Å². The van der Waals surface area contributed by atoms with Crippen LogP contribution in [0.2, 0.25) is 0 Å². The summed E-state index contributed by atoms with van der Waals surface area (Å²) in [5, 5.41) is 0. The molecule has 1 aliphatic rings. The molecule has 78 valence electrons. The smallest absolute Gasteiger partial charge is 0.00745 e. The van der Waals surface area contributed by atoms with Crippen molar-refractivity contribution in [1.29, 1.82) is 0 Å². The molecule has 1 heteroatoms. The molecular formula is C12H25N. The second kappa shape index (κ2) is 4.99. The van der Waals surface area contributed by atoms with Crippen molar-refractivity contribution < 1.29 is 0 Å². The van der Waals surface area contributed by atoms with Gasteiger partial charge in [0.25, 0.3) is 0 Å². The molecule has 3 atom stereocenters. The van der Waals surface area contributed by atoms with E-state index in [0.717, 1.165) is 30.2 Å². The maximum atomic E-state index is 5.67. The van der Waals surface area contributed by atoms with Crippen LogP contribution in [0.4, 0.5) is 0 Å². The molecule has 0 aliphatic heterocycles. The summed E-state index contributed by atoms with van der Waals surface area (Å²) >= 11 is 0. The van der Waals surface area contributed by atoms with Crippen LogP contribution in [0.1, 0.15) is 46.5 Å². The predicted molar refractivity (Wildman–Crippen MR) is 58.5 cm³/mol. The highest BCUT2D eigenvalue weighted by atomic mass is 14.5. The molecule has 1 aliphatic carbocycles. The highest BCUT2D eigenvalue weighted by Crippen LogP contribution is 2.39. The van der Waals surface area contributed by atoms with Gasteiger partial charge in [-0.1, -0.05) is 27.2 Å². The van der Waals surface area contributed by atoms with Crippen molar-refractivity contribution in [3.8, 4) is 0 Å². The Morgan fingerprint density at radius 1 is 1.31 bits per heavy atom. The van der Waals surface area contributed by atoms with E-state index in [-0.39, 0.29) is 0 Å². The molecule has 0 aromatic rings. The van der Waals surface area contributed by atoms with Crippen molar-refractivity contribution in [2.24, 2.45) is 29.4 Å². The van der Waals surface area contributed by atoms with E-state index in [2.05, 4.69) is 20.8 Å². The van der Waals surface area contributed by atoms with Crippen LogP contribution >= 0.6 is 0 Å². The first-order valence-corrected chi connectivity index (χ1v) is 5.85. The molecular weight excluding hydrogens is 158 g/mol. The Kier molecular flexibility index (Phi) is 4.24. The topological polar surface area (TPSA) is 26.0 Å². The number of nitrogens with two attached hydrogens (primary N) is 1. The molecule has 0 aromatic carbocycles. The van der Waals surface area contributed by atoms with Crippen LogP contribution in [0.3, 0.4) is 0 Å². The van der Waals surface area contributed by atoms with Crippen LogP contribution in [0.25, 0.3) is 0 Å². The number of rotatable bonds is 3. The normalized spacial score (nSPS) is 35.3. The lowest BCUT2D eigenvalue weighted by molar-refractivity contribution is 0.138. The zero-order valence-corrected chi connectivity index (χ0v) is 9.42. The average molecular weight is 183 g/mol. The van der Waals surface area contributed by atoms with Gasteiger partial charge >= 0.3 is 0 Å². The molecule has 0 aromatic heterocycles. The standard InChI is InChI=1S/C12H25N/c1-9(2)12-5-4-10(3)8-11(12)6-7-13/h9-12H,4-8,13H2,1-3H3. The third-order valence-corrected chi connectivity index (χ3v) is 3.70. The molecule has 0 amide bonds. The molecule has 0 spiro atoms. The minimum Gasteiger partial charge on any atom is -0.330 e. The van der Waals surface area contributed by atoms with Crippen molar-refractivity contribution >= 4 is 0 Å². The third kappa shape index (κ3) is 2.98. The van der Waals surface area contributed by atoms with Gasteiger partial charge in [0.05, 0.1) is 0 Å². The third-order valence-electron chi connectivity index (χ3n) is 3.70. The zero-order valence-electron chi connectivity index (χ0n) is 9.42. The molecule has 0 radical (unpaired) electrons. The fourth-order valence-electron chi connectivity index (χ4n) is 2.95. The minimum absolute atomic E-state index is 0.851. The van der Waals surface area contributed by atoms with Crippen molar-refractivity contribution in [2.45, 2.75) is 46.5 Å². The second-order valence-electron chi connectivity index (χ2n) is 5.16. The van der Waals surface area contributed by atoms with Gasteiger partial charge < -0.3 is 5.73 Å². The molecule has 0 bridgehead atoms. The van der Waals surface area contributed by atoms with Gasteiger partial charge in [0.15, 0.2) is 0 Å². The van der Waals surface area contributed by atoms with E-state index in [9.17, 15) is 0 Å². The van der Waals surface area contributed by atoms with Gasteiger partial charge in [-0.3, -0.25) is 0 Å². The first-order valence-electron chi connectivity index (χ1n) is 5.85. The largest absolute Gasteiger partial charge is 0.330 e. The lowest BCUT2D eigenvalue weighted by Crippen LogP contribution is -2.29. The summed E-state index contributed by atoms with van der Waals surface area (Å²) in [7, 11) is 0. The highest BCUT2D eigenvalue weighted by molar-refractivity contribution is 4.80. The SMILES string of the molecule is CC1CCC(C(C)C)C(CCN)C1. The highest BCUT2D eigenvalue weighted by Gasteiger charge is 2.29. The maximum Gasteiger partial charge on any atom is -0.00745 e. The van der Waals surface area contributed by atoms with Gasteiger partial charge in [-0.25, -0.2) is 0 Å². The average Bonchev–Trinajstić information content (AvgIpc) is 2.04. The molecule has 3 unspecified atom stereocenters. The van der Waals surface area contributed by atoms with Crippen LogP contribution in [0.15, 0.2) is 0 Å². The van der Waals surface area contributed by atoms with Gasteiger partial charge in [-0.15, -0.1) is 0 Å². The van der Waals surface area contributed by atoms with Gasteiger partial charge in [0.1, 0.15) is 0 Å². The van der Waals surface area contributed by atoms with Gasteiger partial charge in [0.2, 0.25) is 0 Å². The quantitative estimate of drug-likeness (QED) is 0.715. The van der Waals surface area contributed by atoms with Crippen LogP contribution in [0, 0.1) is 23.7 Å². The summed E-state index contributed by atoms with van der Waals surface area (Å²) in [6, 6.07) is 0. The summed E-state index contributed by atoms with van der Waals surface area (Å²) in [5.41, 5.74) is 5.67. The molecule has 2 N–H and O–H groups in total. The predicted octanol–water partition coefficient (Wildman–Crippen LogP) is 3.04. The Morgan fingerprint density at radius 2 is 2.00 bits per heavy atom. The van der Waals surface area contributed by atoms with Crippen molar-refractivity contribution in [2.75, 3.05) is 6.54 Å². The number of hydrogen-bond donors (Lipinski definition) is 1. The second-order valence-corrected chi connectivity index (χ2v) is 5.16. The van der Waals surface area contributed by atoms with Crippen molar-refractivity contribution in [3.05, 3.63) is 0 Å². The van der Waals surface area contributed by atoms with E-state index in [4.69, 9.17) is 5.73 Å². The minimum atomic E-state index is 0.851. The van der Waals surface area contributed by atoms with Gasteiger partial charge in [-0.05, 0) is 49.5 Å². The molecule has 1 rings (SSSR count). The first kappa shape index (κ1) is 11.0. The Morgan fingerprint density at radius 3 is 2.54 bits per heavy atom. The van der Waals surface area contributed by atoms with Crippen molar-refractivity contribution in [1.82, 2.24) is 0 Å². The molecule has 0 saturated heterocycles. The zero-order chi connectivity index (χ0) is 9.84. The molecule has 0 heterocycles. The lowest BCUT2D eigenvalue weighted by atomic mass is 9.69. The molecule has 1 saturated carbocycles. The molecule has 1 fully saturated rings. The van der Waals surface area contributed by atoms with E-state index in [1.807, 2.05) is 0 Å². The monoisotopic (exact) mass is 183 g/mol. The van der Waals surface area contributed by atoms with Crippen LogP contribution in [-0.2, 0) is 0 Å². The van der Waals surface area contributed by atoms with Crippen LogP contribution in [-0.4, -0.2) is 6.54 Å². The fourth-order valence-corrected chi connectivity index (χ4v) is 2.95. The summed E-state index contributed by atoms with van der Waals surface area (Å²) < 4.78 is 0. The molecule has 13 heavy (non-hydrogen) atoms. The van der Waals surface area contributed by atoms with Gasteiger partial charge in [-0.2, -0.15) is 0 Å². The summed E-state index contributed by atoms with van der Waals surface area (Å²) in [6.07, 6.45) is 5.53.